The largest absolute Gasteiger partial charge is 0.466 e. The van der Waals surface area contributed by atoms with E-state index in [9.17, 15) is 19.8 Å². The van der Waals surface area contributed by atoms with Crippen molar-refractivity contribution < 1.29 is 24.5 Å². The van der Waals surface area contributed by atoms with Crippen LogP contribution >= 0.6 is 0 Å². The average Bonchev–Trinajstić information content (AvgIpc) is 3.21. The fourth-order valence-corrected chi connectivity index (χ4v) is 7.57. The van der Waals surface area contributed by atoms with E-state index in [-0.39, 0.29) is 18.5 Å². The highest BCUT2D eigenvalue weighted by Gasteiger charge is 2.18. The zero-order valence-electron chi connectivity index (χ0n) is 38.1. The van der Waals surface area contributed by atoms with Gasteiger partial charge in [0.2, 0.25) is 5.91 Å². The Bertz CT molecular complexity index is 889. The van der Waals surface area contributed by atoms with Crippen molar-refractivity contribution in [3.63, 3.8) is 0 Å². The summed E-state index contributed by atoms with van der Waals surface area (Å²) < 4.78 is 5.45. The molecule has 0 heterocycles. The lowest BCUT2D eigenvalue weighted by molar-refractivity contribution is -0.143. The van der Waals surface area contributed by atoms with Gasteiger partial charge < -0.3 is 20.3 Å². The zero-order chi connectivity index (χ0) is 41.5. The first kappa shape index (κ1) is 55.3. The van der Waals surface area contributed by atoms with Crippen LogP contribution in [0.2, 0.25) is 0 Å². The van der Waals surface area contributed by atoms with Gasteiger partial charge in [0.1, 0.15) is 0 Å². The summed E-state index contributed by atoms with van der Waals surface area (Å²) >= 11 is 0. The number of hydrogen-bond donors (Lipinski definition) is 3. The summed E-state index contributed by atoms with van der Waals surface area (Å²) in [5.74, 6) is -0.104. The number of allylic oxidation sites excluding steroid dienone is 3. The minimum Gasteiger partial charge on any atom is -0.466 e. The van der Waals surface area contributed by atoms with Crippen molar-refractivity contribution in [2.45, 2.75) is 276 Å². The van der Waals surface area contributed by atoms with E-state index < -0.39 is 12.1 Å². The molecule has 0 rings (SSSR count). The number of esters is 1. The second-order valence-electron chi connectivity index (χ2n) is 17.1. The maximum Gasteiger partial charge on any atom is 0.305 e. The molecule has 0 aromatic rings. The van der Waals surface area contributed by atoms with Crippen LogP contribution in [-0.2, 0) is 14.3 Å². The van der Waals surface area contributed by atoms with Gasteiger partial charge in [0.25, 0.3) is 0 Å². The van der Waals surface area contributed by atoms with Gasteiger partial charge in [0.15, 0.2) is 0 Å². The van der Waals surface area contributed by atoms with Gasteiger partial charge in [-0.2, -0.15) is 0 Å². The van der Waals surface area contributed by atoms with E-state index in [1.165, 1.54) is 180 Å². The number of carbonyl (C=O) groups is 2. The van der Waals surface area contributed by atoms with Crippen molar-refractivity contribution >= 4 is 11.9 Å². The molecule has 0 aliphatic heterocycles. The highest BCUT2D eigenvalue weighted by molar-refractivity contribution is 5.76. The van der Waals surface area contributed by atoms with Gasteiger partial charge in [-0.3, -0.25) is 9.59 Å². The smallest absolute Gasteiger partial charge is 0.305 e. The number of aliphatic hydroxyl groups is 2. The van der Waals surface area contributed by atoms with Crippen LogP contribution in [0, 0.1) is 0 Å². The molecule has 57 heavy (non-hydrogen) atoms. The first-order valence-corrected chi connectivity index (χ1v) is 25.1. The standard InChI is InChI=1S/C51H97NO5/c1-3-5-7-9-11-13-15-17-19-23-27-31-35-39-43-49(54)48(47-53)52-50(55)44-40-36-32-28-24-21-22-26-30-34-38-42-46-57-51(56)45-41-37-33-29-25-20-18-16-14-12-10-8-6-4-2/h16,18,39,43,48-49,53-54H,3-15,17,19-38,40-42,44-47H2,1-2H3,(H,52,55)/b18-16-,43-39+. The monoisotopic (exact) mass is 804 g/mol. The second kappa shape index (κ2) is 47.0. The van der Waals surface area contributed by atoms with Crippen LogP contribution in [0.3, 0.4) is 0 Å². The van der Waals surface area contributed by atoms with Gasteiger partial charge in [0, 0.05) is 12.8 Å². The van der Waals surface area contributed by atoms with Crippen molar-refractivity contribution in [3.8, 4) is 0 Å². The summed E-state index contributed by atoms with van der Waals surface area (Å²) in [6.07, 6.45) is 54.5. The molecule has 3 N–H and O–H groups in total. The Morgan fingerprint density at radius 1 is 0.474 bits per heavy atom. The average molecular weight is 804 g/mol. The molecular weight excluding hydrogens is 707 g/mol. The van der Waals surface area contributed by atoms with Crippen molar-refractivity contribution in [1.82, 2.24) is 5.32 Å². The molecule has 0 saturated carbocycles. The Morgan fingerprint density at radius 2 is 0.825 bits per heavy atom. The van der Waals surface area contributed by atoms with Crippen LogP contribution in [0.1, 0.15) is 264 Å². The summed E-state index contributed by atoms with van der Waals surface area (Å²) in [4.78, 5) is 24.4. The van der Waals surface area contributed by atoms with E-state index in [0.29, 0.717) is 19.4 Å². The number of carbonyl (C=O) groups excluding carboxylic acids is 2. The molecule has 0 saturated heterocycles. The number of ether oxygens (including phenoxy) is 1. The fourth-order valence-electron chi connectivity index (χ4n) is 7.57. The molecule has 0 fully saturated rings. The molecule has 6 nitrogen and oxygen atoms in total. The lowest BCUT2D eigenvalue weighted by Crippen LogP contribution is -2.45. The Morgan fingerprint density at radius 3 is 1.25 bits per heavy atom. The highest BCUT2D eigenvalue weighted by atomic mass is 16.5. The number of aliphatic hydroxyl groups excluding tert-OH is 2. The Labute approximate surface area is 354 Å². The molecule has 0 spiro atoms. The molecule has 0 aromatic heterocycles. The Balaban J connectivity index is 3.50. The van der Waals surface area contributed by atoms with Crippen LogP contribution in [0.25, 0.3) is 0 Å². The van der Waals surface area contributed by atoms with Gasteiger partial charge in [-0.1, -0.05) is 218 Å². The van der Waals surface area contributed by atoms with Gasteiger partial charge >= 0.3 is 5.97 Å². The number of nitrogens with one attached hydrogen (secondary N) is 1. The van der Waals surface area contributed by atoms with Crippen molar-refractivity contribution in [2.24, 2.45) is 0 Å². The van der Waals surface area contributed by atoms with E-state index in [4.69, 9.17) is 4.74 Å². The first-order valence-electron chi connectivity index (χ1n) is 25.1. The van der Waals surface area contributed by atoms with Crippen LogP contribution < -0.4 is 5.32 Å². The van der Waals surface area contributed by atoms with Crippen LogP contribution in [-0.4, -0.2) is 47.4 Å². The predicted molar refractivity (Wildman–Crippen MR) is 246 cm³/mol. The summed E-state index contributed by atoms with van der Waals surface area (Å²) in [6, 6.07) is -0.639. The summed E-state index contributed by atoms with van der Waals surface area (Å²) in [6.45, 7) is 4.85. The van der Waals surface area contributed by atoms with E-state index in [0.717, 1.165) is 57.8 Å². The fraction of sp³-hybridized carbons (Fsp3) is 0.882. The Kier molecular flexibility index (Phi) is 45.7. The number of hydrogen-bond acceptors (Lipinski definition) is 5. The molecule has 2 unspecified atom stereocenters. The molecular formula is C51H97NO5. The van der Waals surface area contributed by atoms with Gasteiger partial charge in [-0.15, -0.1) is 0 Å². The highest BCUT2D eigenvalue weighted by Crippen LogP contribution is 2.15. The second-order valence-corrected chi connectivity index (χ2v) is 17.1. The quantitative estimate of drug-likeness (QED) is 0.0324. The molecule has 1 amide bonds. The predicted octanol–water partition coefficient (Wildman–Crippen LogP) is 14.7. The van der Waals surface area contributed by atoms with Gasteiger partial charge in [-0.25, -0.2) is 0 Å². The Hall–Kier alpha value is -1.66. The van der Waals surface area contributed by atoms with Gasteiger partial charge in [0.05, 0.1) is 25.4 Å². The molecule has 2 atom stereocenters. The summed E-state index contributed by atoms with van der Waals surface area (Å²) in [5, 5.41) is 23.0. The topological polar surface area (TPSA) is 95.9 Å². The lowest BCUT2D eigenvalue weighted by Gasteiger charge is -2.20. The maximum atomic E-state index is 12.4. The first-order chi connectivity index (χ1) is 28.0. The molecule has 0 radical (unpaired) electrons. The lowest BCUT2D eigenvalue weighted by atomic mass is 10.0. The third-order valence-corrected chi connectivity index (χ3v) is 11.5. The molecule has 0 aliphatic carbocycles. The van der Waals surface area contributed by atoms with Crippen molar-refractivity contribution in [2.75, 3.05) is 13.2 Å². The van der Waals surface area contributed by atoms with Crippen LogP contribution in [0.15, 0.2) is 24.3 Å². The molecule has 0 aromatic carbocycles. The minimum atomic E-state index is -0.854. The molecule has 336 valence electrons. The van der Waals surface area contributed by atoms with E-state index in [1.807, 2.05) is 6.08 Å². The number of unbranched alkanes of at least 4 members (excludes halogenated alkanes) is 33. The summed E-state index contributed by atoms with van der Waals surface area (Å²) in [5.41, 5.74) is 0. The van der Waals surface area contributed by atoms with E-state index in [1.54, 1.807) is 6.08 Å². The minimum absolute atomic E-state index is 0.0197. The van der Waals surface area contributed by atoms with Gasteiger partial charge in [-0.05, 0) is 57.8 Å². The maximum absolute atomic E-state index is 12.4. The van der Waals surface area contributed by atoms with E-state index >= 15 is 0 Å². The van der Waals surface area contributed by atoms with Crippen molar-refractivity contribution in [3.05, 3.63) is 24.3 Å². The van der Waals surface area contributed by atoms with E-state index in [2.05, 4.69) is 31.3 Å². The number of amides is 1. The SMILES string of the molecule is CCCCCCC/C=C\CCCCCCCC(=O)OCCCCCCCCCCCCCCC(=O)NC(CO)C(O)/C=C/CCCCCCCCCCCCCC. The van der Waals surface area contributed by atoms with Crippen LogP contribution in [0.4, 0.5) is 0 Å². The van der Waals surface area contributed by atoms with Crippen LogP contribution in [0.5, 0.6) is 0 Å². The third kappa shape index (κ3) is 43.7. The molecule has 6 heteroatoms. The third-order valence-electron chi connectivity index (χ3n) is 11.5. The molecule has 0 bridgehead atoms. The molecule has 0 aliphatic rings. The van der Waals surface area contributed by atoms with Crippen molar-refractivity contribution in [1.29, 1.82) is 0 Å². The normalized spacial score (nSPS) is 12.8. The number of rotatable bonds is 46. The zero-order valence-corrected chi connectivity index (χ0v) is 38.1. The summed E-state index contributed by atoms with van der Waals surface area (Å²) in [7, 11) is 0.